The van der Waals surface area contributed by atoms with Crippen molar-refractivity contribution in [2.45, 2.75) is 9.79 Å². The van der Waals surface area contributed by atoms with Gasteiger partial charge < -0.3 is 0 Å². The smallest absolute Gasteiger partial charge is 0.107 e. The van der Waals surface area contributed by atoms with Crippen LogP contribution < -0.4 is 0 Å². The van der Waals surface area contributed by atoms with Crippen LogP contribution in [0.3, 0.4) is 0 Å². The van der Waals surface area contributed by atoms with E-state index in [-0.39, 0.29) is 0 Å². The molecule has 4 heteroatoms. The topological polar surface area (TPSA) is 0 Å². The molecule has 1 aromatic carbocycles. The molecule has 71 valence electrons. The summed E-state index contributed by atoms with van der Waals surface area (Å²) in [6.07, 6.45) is 0. The maximum absolute atomic E-state index is 5.96. The Balaban J connectivity index is 2.23. The minimum Gasteiger partial charge on any atom is -0.121 e. The number of hydrogen-bond acceptors (Lipinski definition) is 2. The Labute approximate surface area is 101 Å². The minimum atomic E-state index is 0.741. The van der Waals surface area contributed by atoms with Gasteiger partial charge in [0, 0.05) is 20.2 Å². The van der Waals surface area contributed by atoms with Gasteiger partial charge in [0.2, 0.25) is 0 Å². The van der Waals surface area contributed by atoms with E-state index in [1.807, 2.05) is 30.3 Å². The second kappa shape index (κ2) is 4.58. The minimum absolute atomic E-state index is 0.741. The van der Waals surface area contributed by atoms with Crippen LogP contribution in [0.5, 0.6) is 0 Å². The molecular formula is C10H5Cl2S2. The van der Waals surface area contributed by atoms with Gasteiger partial charge in [-0.15, -0.1) is 11.3 Å². The highest BCUT2D eigenvalue weighted by atomic mass is 35.5. The summed E-state index contributed by atoms with van der Waals surface area (Å²) in [6, 6.07) is 9.59. The number of rotatable bonds is 2. The van der Waals surface area contributed by atoms with Crippen molar-refractivity contribution in [3.63, 3.8) is 0 Å². The molecule has 0 unspecified atom stereocenters. The molecule has 0 aliphatic rings. The Morgan fingerprint density at radius 1 is 1.29 bits per heavy atom. The lowest BCUT2D eigenvalue weighted by atomic mass is 10.4. The third kappa shape index (κ3) is 2.45. The highest BCUT2D eigenvalue weighted by molar-refractivity contribution is 7.99. The van der Waals surface area contributed by atoms with E-state index in [9.17, 15) is 0 Å². The summed E-state index contributed by atoms with van der Waals surface area (Å²) in [5.41, 5.74) is 0. The van der Waals surface area contributed by atoms with Gasteiger partial charge in [0.05, 0.1) is 0 Å². The highest BCUT2D eigenvalue weighted by Crippen LogP contribution is 2.36. The average molecular weight is 260 g/mol. The monoisotopic (exact) mass is 259 g/mol. The maximum Gasteiger partial charge on any atom is 0.107 e. The first-order valence-corrected chi connectivity index (χ1v) is 6.23. The molecule has 2 aromatic rings. The molecule has 0 saturated heterocycles. The summed E-state index contributed by atoms with van der Waals surface area (Å²) >= 11 is 14.8. The van der Waals surface area contributed by atoms with Gasteiger partial charge in [0.15, 0.2) is 0 Å². The Kier molecular flexibility index (Phi) is 3.39. The predicted molar refractivity (Wildman–Crippen MR) is 63.7 cm³/mol. The largest absolute Gasteiger partial charge is 0.121 e. The number of halogens is 2. The Bertz CT molecular complexity index is 437. The van der Waals surface area contributed by atoms with Crippen molar-refractivity contribution in [2.24, 2.45) is 0 Å². The fourth-order valence-electron chi connectivity index (χ4n) is 0.969. The van der Waals surface area contributed by atoms with Gasteiger partial charge in [-0.3, -0.25) is 0 Å². The van der Waals surface area contributed by atoms with Crippen molar-refractivity contribution < 1.29 is 0 Å². The molecular weight excluding hydrogens is 255 g/mol. The van der Waals surface area contributed by atoms with Crippen LogP contribution in [0.1, 0.15) is 0 Å². The summed E-state index contributed by atoms with van der Waals surface area (Å²) in [4.78, 5) is 2.12. The molecule has 2 rings (SSSR count). The van der Waals surface area contributed by atoms with Crippen LogP contribution in [0.4, 0.5) is 0 Å². The molecule has 0 N–H and O–H groups in total. The zero-order chi connectivity index (χ0) is 9.97. The molecule has 0 bridgehead atoms. The normalized spacial score (nSPS) is 10.4. The van der Waals surface area contributed by atoms with E-state index in [4.69, 9.17) is 23.2 Å². The summed E-state index contributed by atoms with van der Waals surface area (Å²) in [7, 11) is 0. The van der Waals surface area contributed by atoms with Gasteiger partial charge >= 0.3 is 0 Å². The van der Waals surface area contributed by atoms with Gasteiger partial charge in [0.25, 0.3) is 0 Å². The summed E-state index contributed by atoms with van der Waals surface area (Å²) in [6.45, 7) is 0. The Hall–Kier alpha value is -0.150. The quantitative estimate of drug-likeness (QED) is 0.731. The van der Waals surface area contributed by atoms with Gasteiger partial charge in [0.1, 0.15) is 4.34 Å². The van der Waals surface area contributed by atoms with Gasteiger partial charge in [-0.1, -0.05) is 41.0 Å². The number of thiophene rings is 1. The molecule has 1 aromatic heterocycles. The van der Waals surface area contributed by atoms with Crippen LogP contribution in [-0.4, -0.2) is 0 Å². The third-order valence-electron chi connectivity index (χ3n) is 1.56. The van der Waals surface area contributed by atoms with Gasteiger partial charge in [-0.05, 0) is 24.3 Å². The molecule has 1 heterocycles. The maximum atomic E-state index is 5.96. The van der Waals surface area contributed by atoms with Crippen LogP contribution >= 0.6 is 46.3 Å². The van der Waals surface area contributed by atoms with Crippen LogP contribution in [0.2, 0.25) is 9.36 Å². The molecule has 0 amide bonds. The summed E-state index contributed by atoms with van der Waals surface area (Å²) < 4.78 is 0.773. The second-order valence-electron chi connectivity index (χ2n) is 2.56. The average Bonchev–Trinajstić information content (AvgIpc) is 2.52. The summed E-state index contributed by atoms with van der Waals surface area (Å²) in [5, 5.41) is 3.73. The number of hydrogen-bond donors (Lipinski definition) is 0. The van der Waals surface area contributed by atoms with Crippen molar-refractivity contribution in [1.82, 2.24) is 0 Å². The molecule has 0 fully saturated rings. The zero-order valence-corrected chi connectivity index (χ0v) is 10.1. The molecule has 0 aliphatic carbocycles. The van der Waals surface area contributed by atoms with Crippen LogP contribution in [0, 0.1) is 5.38 Å². The van der Waals surface area contributed by atoms with E-state index in [0.717, 1.165) is 19.1 Å². The van der Waals surface area contributed by atoms with Crippen LogP contribution in [0.15, 0.2) is 40.1 Å². The lowest BCUT2D eigenvalue weighted by Crippen LogP contribution is -1.70. The molecule has 14 heavy (non-hydrogen) atoms. The van der Waals surface area contributed by atoms with Crippen molar-refractivity contribution in [1.29, 1.82) is 0 Å². The van der Waals surface area contributed by atoms with E-state index in [1.54, 1.807) is 11.8 Å². The van der Waals surface area contributed by atoms with Gasteiger partial charge in [-0.2, -0.15) is 0 Å². The van der Waals surface area contributed by atoms with E-state index in [0.29, 0.717) is 0 Å². The molecule has 0 atom stereocenters. The lowest BCUT2D eigenvalue weighted by Gasteiger charge is -1.99. The fraction of sp³-hybridized carbons (Fsp3) is 0. The Morgan fingerprint density at radius 2 is 2.14 bits per heavy atom. The van der Waals surface area contributed by atoms with Gasteiger partial charge in [-0.25, -0.2) is 0 Å². The van der Waals surface area contributed by atoms with E-state index < -0.39 is 0 Å². The fourth-order valence-corrected chi connectivity index (χ4v) is 3.08. The van der Waals surface area contributed by atoms with Crippen molar-refractivity contribution in [3.8, 4) is 0 Å². The molecule has 1 radical (unpaired) electrons. The van der Waals surface area contributed by atoms with Crippen LogP contribution in [0.25, 0.3) is 0 Å². The standard InChI is InChI=1S/C10H5Cl2S2/c11-7-2-1-3-8(6-7)14-9-4-5-13-10(9)12/h1-4,6H. The predicted octanol–water partition coefficient (Wildman–Crippen LogP) is 5.01. The molecule has 0 saturated carbocycles. The lowest BCUT2D eigenvalue weighted by molar-refractivity contribution is 1.44. The van der Waals surface area contributed by atoms with Crippen LogP contribution in [-0.2, 0) is 0 Å². The number of benzene rings is 1. The highest BCUT2D eigenvalue weighted by Gasteiger charge is 2.03. The van der Waals surface area contributed by atoms with E-state index in [1.165, 1.54) is 11.3 Å². The third-order valence-corrected chi connectivity index (χ3v) is 4.13. The molecule has 0 spiro atoms. The molecule has 0 aliphatic heterocycles. The zero-order valence-electron chi connectivity index (χ0n) is 6.96. The first kappa shape index (κ1) is 10.4. The Morgan fingerprint density at radius 3 is 2.79 bits per heavy atom. The van der Waals surface area contributed by atoms with Crippen molar-refractivity contribution in [2.75, 3.05) is 0 Å². The van der Waals surface area contributed by atoms with Crippen molar-refractivity contribution in [3.05, 3.63) is 45.1 Å². The van der Waals surface area contributed by atoms with E-state index >= 15 is 0 Å². The SMILES string of the molecule is Clc1cccc(Sc2c[c]sc2Cl)c1. The second-order valence-corrected chi connectivity index (χ2v) is 5.56. The first-order chi connectivity index (χ1) is 6.75. The van der Waals surface area contributed by atoms with E-state index in [2.05, 4.69) is 5.38 Å². The summed E-state index contributed by atoms with van der Waals surface area (Å²) in [5.74, 6) is 0. The first-order valence-electron chi connectivity index (χ1n) is 3.84. The van der Waals surface area contributed by atoms with Crippen molar-refractivity contribution >= 4 is 46.3 Å². The molecule has 0 nitrogen and oxygen atoms in total.